The molecule has 15 heavy (non-hydrogen) atoms. The Kier molecular flexibility index (Phi) is 14.4. The molecule has 0 atom stereocenters. The standard InChI is InChI=1S/C10H19NO3.Ca/c1-2-3-4-5-6-7-9(12)11-8-10(13)14;/h2-8H2,1H3,(H,11,12)(H,13,14);. The van der Waals surface area contributed by atoms with Crippen molar-refractivity contribution in [3.05, 3.63) is 0 Å². The molecular weight excluding hydrogens is 222 g/mol. The number of carboxylic acids is 1. The molecule has 5 heteroatoms. The maximum Gasteiger partial charge on any atom is 0.322 e. The monoisotopic (exact) mass is 241 g/mol. The van der Waals surface area contributed by atoms with Crippen molar-refractivity contribution in [2.24, 2.45) is 0 Å². The fourth-order valence-electron chi connectivity index (χ4n) is 1.15. The van der Waals surface area contributed by atoms with Crippen LogP contribution in [0, 0.1) is 0 Å². The molecule has 0 fully saturated rings. The Bertz CT molecular complexity index is 186. The van der Waals surface area contributed by atoms with Gasteiger partial charge in [0.05, 0.1) is 0 Å². The molecule has 0 aromatic heterocycles. The van der Waals surface area contributed by atoms with Gasteiger partial charge in [-0.3, -0.25) is 9.59 Å². The third-order valence-corrected chi connectivity index (χ3v) is 1.94. The summed E-state index contributed by atoms with van der Waals surface area (Å²) in [4.78, 5) is 21.1. The van der Waals surface area contributed by atoms with Crippen molar-refractivity contribution in [3.8, 4) is 0 Å². The van der Waals surface area contributed by atoms with Gasteiger partial charge in [-0.25, -0.2) is 0 Å². The van der Waals surface area contributed by atoms with Crippen molar-refractivity contribution in [2.75, 3.05) is 6.54 Å². The SMILES string of the molecule is CCCCCCCC(=O)NCC(=O)O.[Ca]. The third kappa shape index (κ3) is 14.2. The van der Waals surface area contributed by atoms with Gasteiger partial charge >= 0.3 is 5.97 Å². The van der Waals surface area contributed by atoms with E-state index in [0.717, 1.165) is 19.3 Å². The average Bonchev–Trinajstić information content (AvgIpc) is 2.14. The second-order valence-corrected chi connectivity index (χ2v) is 3.33. The van der Waals surface area contributed by atoms with E-state index < -0.39 is 5.97 Å². The Labute approximate surface area is 121 Å². The van der Waals surface area contributed by atoms with Crippen LogP contribution in [0.3, 0.4) is 0 Å². The number of rotatable bonds is 8. The summed E-state index contributed by atoms with van der Waals surface area (Å²) in [6.45, 7) is 1.87. The molecule has 0 bridgehead atoms. The van der Waals surface area contributed by atoms with Gasteiger partial charge < -0.3 is 10.4 Å². The van der Waals surface area contributed by atoms with Gasteiger partial charge in [0.1, 0.15) is 6.54 Å². The van der Waals surface area contributed by atoms with E-state index in [1.807, 2.05) is 0 Å². The largest absolute Gasteiger partial charge is 0.480 e. The van der Waals surface area contributed by atoms with Gasteiger partial charge in [0.2, 0.25) is 5.91 Å². The number of aliphatic carboxylic acids is 1. The Hall–Kier alpha value is 0.200. The zero-order valence-electron chi connectivity index (χ0n) is 9.42. The molecule has 0 aromatic rings. The van der Waals surface area contributed by atoms with Crippen LogP contribution in [0.5, 0.6) is 0 Å². The minimum absolute atomic E-state index is 0. The fraction of sp³-hybridized carbons (Fsp3) is 0.800. The molecule has 0 aliphatic carbocycles. The number of carbonyl (C=O) groups is 2. The topological polar surface area (TPSA) is 66.4 Å². The predicted octanol–water partition coefficient (Wildman–Crippen LogP) is 1.17. The van der Waals surface area contributed by atoms with E-state index in [1.165, 1.54) is 12.8 Å². The number of unbranched alkanes of at least 4 members (excludes halogenated alkanes) is 4. The summed E-state index contributed by atoms with van der Waals surface area (Å²) < 4.78 is 0. The first kappa shape index (κ1) is 17.6. The average molecular weight is 241 g/mol. The van der Waals surface area contributed by atoms with E-state index in [4.69, 9.17) is 5.11 Å². The maximum atomic E-state index is 11.0. The Morgan fingerprint density at radius 1 is 1.13 bits per heavy atom. The summed E-state index contributed by atoms with van der Waals surface area (Å²) in [7, 11) is 0. The molecule has 1 amide bonds. The molecular formula is C10H19CaNO3. The Morgan fingerprint density at radius 3 is 2.27 bits per heavy atom. The van der Waals surface area contributed by atoms with E-state index in [0.29, 0.717) is 6.42 Å². The van der Waals surface area contributed by atoms with Crippen LogP contribution in [-0.2, 0) is 9.59 Å². The second-order valence-electron chi connectivity index (χ2n) is 3.33. The minimum Gasteiger partial charge on any atom is -0.480 e. The smallest absolute Gasteiger partial charge is 0.322 e. The molecule has 0 aromatic carbocycles. The first-order chi connectivity index (χ1) is 6.66. The van der Waals surface area contributed by atoms with Gasteiger partial charge in [-0.2, -0.15) is 0 Å². The molecule has 4 nitrogen and oxygen atoms in total. The molecule has 2 N–H and O–H groups in total. The summed E-state index contributed by atoms with van der Waals surface area (Å²) in [6, 6.07) is 0. The van der Waals surface area contributed by atoms with E-state index in [2.05, 4.69) is 12.2 Å². The molecule has 0 unspecified atom stereocenters. The number of carbonyl (C=O) groups excluding carboxylic acids is 1. The summed E-state index contributed by atoms with van der Waals surface area (Å²) in [5.41, 5.74) is 0. The first-order valence-corrected chi connectivity index (χ1v) is 5.15. The van der Waals surface area contributed by atoms with Crippen LogP contribution < -0.4 is 5.32 Å². The van der Waals surface area contributed by atoms with Gasteiger partial charge in [-0.15, -0.1) is 0 Å². The zero-order chi connectivity index (χ0) is 10.8. The summed E-state index contributed by atoms with van der Waals surface area (Å²) >= 11 is 0. The third-order valence-electron chi connectivity index (χ3n) is 1.94. The van der Waals surface area contributed by atoms with Crippen LogP contribution in [-0.4, -0.2) is 61.3 Å². The van der Waals surface area contributed by atoms with Crippen LogP contribution in [0.2, 0.25) is 0 Å². The number of hydrogen-bond acceptors (Lipinski definition) is 2. The van der Waals surface area contributed by atoms with Gasteiger partial charge in [0, 0.05) is 44.2 Å². The number of nitrogens with one attached hydrogen (secondary N) is 1. The van der Waals surface area contributed by atoms with Crippen LogP contribution in [0.15, 0.2) is 0 Å². The van der Waals surface area contributed by atoms with E-state index in [-0.39, 0.29) is 50.2 Å². The van der Waals surface area contributed by atoms with Crippen LogP contribution in [0.1, 0.15) is 45.4 Å². The molecule has 0 heterocycles. The van der Waals surface area contributed by atoms with E-state index in [9.17, 15) is 9.59 Å². The molecule has 84 valence electrons. The summed E-state index contributed by atoms with van der Waals surface area (Å²) in [5, 5.41) is 10.6. The van der Waals surface area contributed by atoms with Gasteiger partial charge in [-0.1, -0.05) is 32.6 Å². The molecule has 0 saturated carbocycles. The van der Waals surface area contributed by atoms with Gasteiger partial charge in [0.25, 0.3) is 0 Å². The molecule has 0 aliphatic rings. The van der Waals surface area contributed by atoms with Crippen molar-refractivity contribution < 1.29 is 14.7 Å². The first-order valence-electron chi connectivity index (χ1n) is 5.15. The summed E-state index contributed by atoms with van der Waals surface area (Å²) in [6.07, 6.45) is 5.89. The molecule has 0 saturated heterocycles. The normalized spacial score (nSPS) is 9.13. The molecule has 2 radical (unpaired) electrons. The molecule has 0 spiro atoms. The quantitative estimate of drug-likeness (QED) is 0.495. The van der Waals surface area contributed by atoms with Crippen molar-refractivity contribution in [3.63, 3.8) is 0 Å². The van der Waals surface area contributed by atoms with Crippen LogP contribution in [0.4, 0.5) is 0 Å². The molecule has 0 rings (SSSR count). The van der Waals surface area contributed by atoms with Crippen molar-refractivity contribution >= 4 is 49.6 Å². The van der Waals surface area contributed by atoms with Crippen molar-refractivity contribution in [1.82, 2.24) is 5.32 Å². The van der Waals surface area contributed by atoms with E-state index in [1.54, 1.807) is 0 Å². The van der Waals surface area contributed by atoms with Crippen molar-refractivity contribution in [2.45, 2.75) is 45.4 Å². The predicted molar refractivity (Wildman–Crippen MR) is 59.8 cm³/mol. The number of hydrogen-bond donors (Lipinski definition) is 2. The Morgan fingerprint density at radius 2 is 1.73 bits per heavy atom. The van der Waals surface area contributed by atoms with Crippen LogP contribution in [0.25, 0.3) is 0 Å². The Balaban J connectivity index is 0. The fourth-order valence-corrected chi connectivity index (χ4v) is 1.15. The zero-order valence-corrected chi connectivity index (χ0v) is 11.6. The second kappa shape index (κ2) is 12.3. The van der Waals surface area contributed by atoms with Crippen molar-refractivity contribution in [1.29, 1.82) is 0 Å². The number of amides is 1. The maximum absolute atomic E-state index is 11.0. The summed E-state index contributed by atoms with van der Waals surface area (Å²) in [5.74, 6) is -1.16. The van der Waals surface area contributed by atoms with Crippen LogP contribution >= 0.6 is 0 Å². The van der Waals surface area contributed by atoms with E-state index >= 15 is 0 Å². The van der Waals surface area contributed by atoms with Gasteiger partial charge in [-0.05, 0) is 6.42 Å². The minimum atomic E-state index is -0.996. The number of carboxylic acid groups (broad SMARTS) is 1. The van der Waals surface area contributed by atoms with Gasteiger partial charge in [0.15, 0.2) is 0 Å². The molecule has 0 aliphatic heterocycles.